The molecule has 0 bridgehead atoms. The fraction of sp³-hybridized carbons (Fsp3) is 0.750. The zero-order chi connectivity index (χ0) is 14.0. The summed E-state index contributed by atoms with van der Waals surface area (Å²) < 4.78 is 0. The molecule has 0 aromatic carbocycles. The third kappa shape index (κ3) is 5.86. The van der Waals surface area contributed by atoms with Gasteiger partial charge in [0.1, 0.15) is 26.6 Å². The third-order valence-corrected chi connectivity index (χ3v) is 2.08. The molecule has 0 aliphatic carbocycles. The monoisotopic (exact) mass is 265 g/mol. The molecule has 2 amide bonds. The molecule has 0 radical (unpaired) electrons. The predicted octanol–water partition coefficient (Wildman–Crippen LogP) is -2.40. The zero-order valence-corrected chi connectivity index (χ0v) is 10.2. The van der Waals surface area contributed by atoms with Crippen molar-refractivity contribution in [3.05, 3.63) is 0 Å². The second-order valence-electron chi connectivity index (χ2n) is 3.25. The van der Waals surface area contributed by atoms with Gasteiger partial charge < -0.3 is 4.90 Å². The van der Waals surface area contributed by atoms with Gasteiger partial charge >= 0.3 is 0 Å². The number of carbonyl (C=O) groups is 2. The summed E-state index contributed by atoms with van der Waals surface area (Å²) in [6.45, 7) is 1.53. The van der Waals surface area contributed by atoms with Crippen molar-refractivity contribution in [3.8, 4) is 0 Å². The quantitative estimate of drug-likeness (QED) is 0.237. The predicted molar refractivity (Wildman–Crippen MR) is 59.3 cm³/mol. The summed E-state index contributed by atoms with van der Waals surface area (Å²) in [5, 5.41) is 0. The summed E-state index contributed by atoms with van der Waals surface area (Å²) >= 11 is 0. The van der Waals surface area contributed by atoms with E-state index in [0.717, 1.165) is 4.90 Å². The maximum atomic E-state index is 11.7. The number of nitrogens with zero attached hydrogens (tertiary/aromatic N) is 2. The van der Waals surface area contributed by atoms with Crippen LogP contribution in [0.2, 0.25) is 0 Å². The van der Waals surface area contributed by atoms with Gasteiger partial charge in [0.05, 0.1) is 0 Å². The number of amides is 2. The number of hydrogen-bond acceptors (Lipinski definition) is 8. The molecule has 0 heterocycles. The van der Waals surface area contributed by atoms with Gasteiger partial charge in [-0.1, -0.05) is 0 Å². The second kappa shape index (κ2) is 9.70. The van der Waals surface area contributed by atoms with Crippen molar-refractivity contribution in [2.24, 2.45) is 17.7 Å². The van der Waals surface area contributed by atoms with Crippen LogP contribution in [0.15, 0.2) is 0 Å². The van der Waals surface area contributed by atoms with Crippen molar-refractivity contribution in [3.63, 3.8) is 0 Å². The lowest BCUT2D eigenvalue weighted by atomic mass is 10.3. The van der Waals surface area contributed by atoms with Gasteiger partial charge in [-0.2, -0.15) is 0 Å². The highest BCUT2D eigenvalue weighted by Crippen LogP contribution is 1.99. The molecule has 0 rings (SSSR count). The van der Waals surface area contributed by atoms with Gasteiger partial charge in [0.25, 0.3) is 0 Å². The van der Waals surface area contributed by atoms with Crippen LogP contribution >= 0.6 is 0 Å². The minimum atomic E-state index is -0.536. The minimum absolute atomic E-state index is 0.0939. The Labute approximate surface area is 104 Å². The smallest absolute Gasteiger partial charge is 0.235 e. The Balaban J connectivity index is 4.36. The van der Waals surface area contributed by atoms with E-state index in [4.69, 9.17) is 17.7 Å². The summed E-state index contributed by atoms with van der Waals surface area (Å²) in [6.07, 6.45) is -0.385. The van der Waals surface area contributed by atoms with E-state index in [9.17, 15) is 9.59 Å². The molecule has 0 fully saturated rings. The molecular formula is C8H19N5O5. The van der Waals surface area contributed by atoms with Crippen LogP contribution in [0, 0.1) is 0 Å². The summed E-state index contributed by atoms with van der Waals surface area (Å²) in [5.41, 5.74) is 0. The average Bonchev–Trinajstić information content (AvgIpc) is 2.35. The van der Waals surface area contributed by atoms with Crippen LogP contribution in [-0.2, 0) is 24.1 Å². The maximum Gasteiger partial charge on any atom is 0.235 e. The van der Waals surface area contributed by atoms with Gasteiger partial charge in [-0.05, 0) is 6.92 Å². The Bertz CT molecular complexity index is 258. The van der Waals surface area contributed by atoms with E-state index in [1.165, 1.54) is 4.90 Å². The number of nitrogens with two attached hydrogens (primary N) is 3. The Hall–Kier alpha value is -1.30. The Kier molecular flexibility index (Phi) is 9.00. The molecule has 0 aromatic heterocycles. The summed E-state index contributed by atoms with van der Waals surface area (Å²) in [7, 11) is 0. The van der Waals surface area contributed by atoms with Crippen LogP contribution in [0.3, 0.4) is 0 Å². The van der Waals surface area contributed by atoms with Gasteiger partial charge in [-0.15, -0.1) is 0 Å². The van der Waals surface area contributed by atoms with Gasteiger partial charge in [0, 0.05) is 6.54 Å². The van der Waals surface area contributed by atoms with Gasteiger partial charge in [0.15, 0.2) is 0 Å². The van der Waals surface area contributed by atoms with E-state index in [0.29, 0.717) is 6.54 Å². The Morgan fingerprint density at radius 1 is 0.889 bits per heavy atom. The zero-order valence-electron chi connectivity index (χ0n) is 10.2. The molecule has 0 atom stereocenters. The molecule has 0 unspecified atom stereocenters. The lowest BCUT2D eigenvalue weighted by Crippen LogP contribution is -2.41. The summed E-state index contributed by atoms with van der Waals surface area (Å²) in [5.74, 6) is 13.6. The average molecular weight is 265 g/mol. The standard InChI is InChI=1S/C8H19N5O5/c1-2-12(4-16-9)7(14)3-8(15)13(5-17-10)6-18-11/h2-6,9-11H2,1H3. The SMILES string of the molecule is CCN(CON)C(=O)CC(=O)N(CON)CON. The Morgan fingerprint density at radius 2 is 1.28 bits per heavy atom. The third-order valence-electron chi connectivity index (χ3n) is 2.08. The van der Waals surface area contributed by atoms with Crippen LogP contribution < -0.4 is 17.7 Å². The normalized spacial score (nSPS) is 10.2. The highest BCUT2D eigenvalue weighted by Gasteiger charge is 2.20. The molecule has 106 valence electrons. The van der Waals surface area contributed by atoms with Crippen molar-refractivity contribution in [2.75, 3.05) is 26.7 Å². The van der Waals surface area contributed by atoms with Crippen molar-refractivity contribution in [1.82, 2.24) is 9.80 Å². The van der Waals surface area contributed by atoms with E-state index in [1.54, 1.807) is 6.92 Å². The molecule has 6 N–H and O–H groups in total. The van der Waals surface area contributed by atoms with Crippen molar-refractivity contribution in [1.29, 1.82) is 0 Å². The van der Waals surface area contributed by atoms with E-state index in [1.807, 2.05) is 0 Å². The Morgan fingerprint density at radius 3 is 1.67 bits per heavy atom. The highest BCUT2D eigenvalue weighted by atomic mass is 16.6. The van der Waals surface area contributed by atoms with Crippen LogP contribution in [-0.4, -0.2) is 48.4 Å². The first-order valence-corrected chi connectivity index (χ1v) is 5.11. The van der Waals surface area contributed by atoms with E-state index in [-0.39, 0.29) is 26.6 Å². The first-order chi connectivity index (χ1) is 8.60. The maximum absolute atomic E-state index is 11.7. The second-order valence-corrected chi connectivity index (χ2v) is 3.25. The topological polar surface area (TPSA) is 146 Å². The number of carbonyl (C=O) groups excluding carboxylic acids is 2. The van der Waals surface area contributed by atoms with Crippen LogP contribution in [0.25, 0.3) is 0 Å². The van der Waals surface area contributed by atoms with Crippen molar-refractivity contribution in [2.45, 2.75) is 13.3 Å². The minimum Gasteiger partial charge on any atom is -0.317 e. The first kappa shape index (κ1) is 16.7. The molecular weight excluding hydrogens is 246 g/mol. The van der Waals surface area contributed by atoms with Crippen molar-refractivity contribution >= 4 is 11.8 Å². The van der Waals surface area contributed by atoms with Crippen LogP contribution in [0.1, 0.15) is 13.3 Å². The fourth-order valence-electron chi connectivity index (χ4n) is 1.14. The van der Waals surface area contributed by atoms with Crippen molar-refractivity contribution < 1.29 is 24.1 Å². The fourth-order valence-corrected chi connectivity index (χ4v) is 1.14. The van der Waals surface area contributed by atoms with Crippen LogP contribution in [0.5, 0.6) is 0 Å². The molecule has 0 spiro atoms. The molecule has 0 aromatic rings. The molecule has 10 nitrogen and oxygen atoms in total. The van der Waals surface area contributed by atoms with Crippen LogP contribution in [0.4, 0.5) is 0 Å². The molecule has 0 saturated carbocycles. The van der Waals surface area contributed by atoms with Gasteiger partial charge in [-0.25, -0.2) is 17.7 Å². The summed E-state index contributed by atoms with van der Waals surface area (Å²) in [6, 6.07) is 0. The summed E-state index contributed by atoms with van der Waals surface area (Å²) in [4.78, 5) is 38.6. The van der Waals surface area contributed by atoms with Gasteiger partial charge in [0.2, 0.25) is 11.8 Å². The number of rotatable bonds is 9. The number of hydrogen-bond donors (Lipinski definition) is 3. The molecule has 0 saturated heterocycles. The van der Waals surface area contributed by atoms with E-state index >= 15 is 0 Å². The van der Waals surface area contributed by atoms with Gasteiger partial charge in [-0.3, -0.25) is 29.0 Å². The molecule has 18 heavy (non-hydrogen) atoms. The highest BCUT2D eigenvalue weighted by molar-refractivity contribution is 5.96. The largest absolute Gasteiger partial charge is 0.317 e. The lowest BCUT2D eigenvalue weighted by molar-refractivity contribution is -0.151. The molecule has 0 aliphatic heterocycles. The molecule has 0 aliphatic rings. The lowest BCUT2D eigenvalue weighted by Gasteiger charge is -2.22. The molecule has 10 heteroatoms. The first-order valence-electron chi connectivity index (χ1n) is 5.11. The van der Waals surface area contributed by atoms with E-state index < -0.39 is 11.8 Å². The van der Waals surface area contributed by atoms with E-state index in [2.05, 4.69) is 14.5 Å².